The Kier molecular flexibility index (Phi) is 6.34. The number of para-hydroxylation sites is 1. The van der Waals surface area contributed by atoms with Gasteiger partial charge in [0.25, 0.3) is 5.91 Å². The summed E-state index contributed by atoms with van der Waals surface area (Å²) >= 11 is 5.71. The van der Waals surface area contributed by atoms with E-state index in [1.54, 1.807) is 0 Å². The average molecular weight is 419 g/mol. The van der Waals surface area contributed by atoms with Gasteiger partial charge in [-0.2, -0.15) is 8.78 Å². The van der Waals surface area contributed by atoms with Crippen LogP contribution in [0.25, 0.3) is 0 Å². The third kappa shape index (κ3) is 4.92. The summed E-state index contributed by atoms with van der Waals surface area (Å²) in [6, 6.07) is 8.67. The molecule has 1 amide bonds. The number of anilines is 2. The molecule has 2 aromatic carbocycles. The molecule has 2 rings (SSSR count). The van der Waals surface area contributed by atoms with Gasteiger partial charge in [-0.05, 0) is 30.3 Å². The van der Waals surface area contributed by atoms with Crippen LogP contribution in [-0.4, -0.2) is 32.7 Å². The Morgan fingerprint density at radius 3 is 2.48 bits per heavy atom. The number of nitrogen functional groups attached to an aromatic ring is 1. The number of alkyl halides is 2. The third-order valence-corrected chi connectivity index (χ3v) is 4.94. The normalized spacial score (nSPS) is 11.3. The minimum Gasteiger partial charge on any atom is -0.452 e. The first-order valence-corrected chi connectivity index (χ1v) is 9.18. The molecule has 0 aliphatic carbocycles. The number of ether oxygens (including phenoxy) is 1. The predicted molar refractivity (Wildman–Crippen MR) is 94.4 cm³/mol. The minimum atomic E-state index is -4.92. The fraction of sp³-hybridized carbons (Fsp3) is 0.125. The number of hydrogen-bond acceptors (Lipinski definition) is 6. The van der Waals surface area contributed by atoms with Gasteiger partial charge in [0, 0.05) is 10.7 Å². The summed E-state index contributed by atoms with van der Waals surface area (Å²) in [5, 5.41) is 2.43. The second-order valence-electron chi connectivity index (χ2n) is 5.16. The summed E-state index contributed by atoms with van der Waals surface area (Å²) in [6.07, 6.45) is 0. The van der Waals surface area contributed by atoms with Crippen LogP contribution in [0.3, 0.4) is 0 Å². The molecule has 27 heavy (non-hydrogen) atoms. The number of halogens is 3. The molecule has 0 aromatic heterocycles. The molecule has 0 unspecified atom stereocenters. The zero-order chi connectivity index (χ0) is 20.2. The number of carbonyl (C=O) groups is 2. The Morgan fingerprint density at radius 1 is 1.19 bits per heavy atom. The van der Waals surface area contributed by atoms with Crippen LogP contribution in [0.2, 0.25) is 5.02 Å². The molecule has 0 fully saturated rings. The Bertz CT molecular complexity index is 983. The van der Waals surface area contributed by atoms with Crippen molar-refractivity contribution in [2.24, 2.45) is 0 Å². The second kappa shape index (κ2) is 8.31. The molecule has 144 valence electrons. The van der Waals surface area contributed by atoms with Crippen molar-refractivity contribution in [3.8, 4) is 0 Å². The highest BCUT2D eigenvalue weighted by atomic mass is 35.5. The molecule has 3 N–H and O–H groups in total. The maximum atomic E-state index is 12.7. The lowest BCUT2D eigenvalue weighted by Gasteiger charge is -2.12. The Morgan fingerprint density at radius 2 is 1.85 bits per heavy atom. The number of rotatable bonds is 6. The lowest BCUT2D eigenvalue weighted by molar-refractivity contribution is -0.119. The summed E-state index contributed by atoms with van der Waals surface area (Å²) in [5.41, 5.74) is 5.29. The summed E-state index contributed by atoms with van der Waals surface area (Å²) < 4.78 is 53.5. The largest absolute Gasteiger partial charge is 0.452 e. The van der Waals surface area contributed by atoms with E-state index in [0.29, 0.717) is 5.02 Å². The number of nitrogens with two attached hydrogens (primary N) is 1. The Balaban J connectivity index is 2.08. The number of carbonyl (C=O) groups excluding carboxylic acids is 2. The first-order chi connectivity index (χ1) is 12.6. The molecule has 0 aliphatic heterocycles. The average Bonchev–Trinajstić information content (AvgIpc) is 2.60. The van der Waals surface area contributed by atoms with Crippen LogP contribution in [0.1, 0.15) is 10.4 Å². The van der Waals surface area contributed by atoms with Gasteiger partial charge in [0.1, 0.15) is 0 Å². The summed E-state index contributed by atoms with van der Waals surface area (Å²) in [6.45, 7) is -0.788. The molecule has 7 nitrogen and oxygen atoms in total. The van der Waals surface area contributed by atoms with Gasteiger partial charge < -0.3 is 15.8 Å². The number of benzene rings is 2. The molecule has 0 aliphatic rings. The van der Waals surface area contributed by atoms with E-state index < -0.39 is 39.0 Å². The van der Waals surface area contributed by atoms with E-state index in [1.165, 1.54) is 30.3 Å². The van der Waals surface area contributed by atoms with Crippen molar-refractivity contribution < 1.29 is 31.5 Å². The first-order valence-electron chi connectivity index (χ1n) is 7.26. The van der Waals surface area contributed by atoms with Crippen molar-refractivity contribution in [1.82, 2.24) is 0 Å². The van der Waals surface area contributed by atoms with E-state index in [-0.39, 0.29) is 16.9 Å². The zero-order valence-corrected chi connectivity index (χ0v) is 15.1. The van der Waals surface area contributed by atoms with Crippen LogP contribution in [0.5, 0.6) is 0 Å². The van der Waals surface area contributed by atoms with E-state index in [9.17, 15) is 26.8 Å². The summed E-state index contributed by atoms with van der Waals surface area (Å²) in [7, 11) is -4.92. The van der Waals surface area contributed by atoms with Crippen molar-refractivity contribution in [1.29, 1.82) is 0 Å². The van der Waals surface area contributed by atoms with E-state index >= 15 is 0 Å². The van der Waals surface area contributed by atoms with Gasteiger partial charge in [-0.3, -0.25) is 4.79 Å². The maximum absolute atomic E-state index is 12.7. The van der Waals surface area contributed by atoms with Gasteiger partial charge >= 0.3 is 11.7 Å². The van der Waals surface area contributed by atoms with Crippen LogP contribution in [0.15, 0.2) is 47.4 Å². The standard InChI is InChI=1S/C16H13ClF2N2O5S/c17-9-5-6-10(11(20)7-9)15(23)26-8-14(22)21-12-3-1-2-4-13(12)27(24,25)16(18)19/h1-7,16H,8,20H2,(H,21,22). The molecule has 11 heteroatoms. The van der Waals surface area contributed by atoms with Gasteiger partial charge in [-0.25, -0.2) is 13.2 Å². The molecule has 0 spiro atoms. The van der Waals surface area contributed by atoms with Gasteiger partial charge in [0.05, 0.1) is 16.1 Å². The number of esters is 1. The number of amides is 1. The molecule has 0 saturated carbocycles. The lowest BCUT2D eigenvalue weighted by atomic mass is 10.2. The van der Waals surface area contributed by atoms with E-state index in [1.807, 2.05) is 0 Å². The molecule has 0 heterocycles. The van der Waals surface area contributed by atoms with Gasteiger partial charge in [-0.15, -0.1) is 0 Å². The lowest BCUT2D eigenvalue weighted by Crippen LogP contribution is -2.23. The quantitative estimate of drug-likeness (QED) is 0.550. The fourth-order valence-electron chi connectivity index (χ4n) is 2.03. The number of nitrogens with one attached hydrogen (secondary N) is 1. The molecule has 0 saturated heterocycles. The summed E-state index contributed by atoms with van der Waals surface area (Å²) in [4.78, 5) is 23.1. The highest BCUT2D eigenvalue weighted by molar-refractivity contribution is 7.91. The van der Waals surface area contributed by atoms with Crippen LogP contribution in [0.4, 0.5) is 20.2 Å². The van der Waals surface area contributed by atoms with E-state index in [0.717, 1.165) is 12.1 Å². The smallest absolute Gasteiger partial charge is 0.341 e. The van der Waals surface area contributed by atoms with E-state index in [2.05, 4.69) is 5.32 Å². The minimum absolute atomic E-state index is 0.0205. The van der Waals surface area contributed by atoms with Crippen molar-refractivity contribution in [3.63, 3.8) is 0 Å². The van der Waals surface area contributed by atoms with Crippen LogP contribution < -0.4 is 11.1 Å². The fourth-order valence-corrected chi connectivity index (χ4v) is 3.09. The van der Waals surface area contributed by atoms with Crippen molar-refractivity contribution >= 4 is 44.7 Å². The van der Waals surface area contributed by atoms with Gasteiger partial charge in [-0.1, -0.05) is 23.7 Å². The van der Waals surface area contributed by atoms with Gasteiger partial charge in [0.2, 0.25) is 9.84 Å². The van der Waals surface area contributed by atoms with E-state index in [4.69, 9.17) is 22.1 Å². The zero-order valence-electron chi connectivity index (χ0n) is 13.5. The summed E-state index contributed by atoms with van der Waals surface area (Å²) in [5.74, 6) is -5.48. The first kappa shape index (κ1) is 20.6. The maximum Gasteiger partial charge on any atom is 0.341 e. The second-order valence-corrected chi connectivity index (χ2v) is 7.48. The van der Waals surface area contributed by atoms with Crippen molar-refractivity contribution in [2.45, 2.75) is 10.7 Å². The highest BCUT2D eigenvalue weighted by Gasteiger charge is 2.29. The van der Waals surface area contributed by atoms with Crippen molar-refractivity contribution in [3.05, 3.63) is 53.1 Å². The molecule has 0 bridgehead atoms. The molecule has 0 atom stereocenters. The van der Waals surface area contributed by atoms with Crippen molar-refractivity contribution in [2.75, 3.05) is 17.7 Å². The highest BCUT2D eigenvalue weighted by Crippen LogP contribution is 2.26. The SMILES string of the molecule is Nc1cc(Cl)ccc1C(=O)OCC(=O)Nc1ccccc1S(=O)(=O)C(F)F. The number of sulfone groups is 1. The van der Waals surface area contributed by atoms with Crippen LogP contribution >= 0.6 is 11.6 Å². The molecular formula is C16H13ClF2N2O5S. The molecule has 0 radical (unpaired) electrons. The Hall–Kier alpha value is -2.72. The third-order valence-electron chi connectivity index (χ3n) is 3.27. The van der Waals surface area contributed by atoms with Crippen LogP contribution in [-0.2, 0) is 19.4 Å². The topological polar surface area (TPSA) is 116 Å². The molecule has 2 aromatic rings. The predicted octanol–water partition coefficient (Wildman–Crippen LogP) is 2.71. The van der Waals surface area contributed by atoms with Crippen LogP contribution in [0, 0.1) is 0 Å². The number of hydrogen-bond donors (Lipinski definition) is 2. The van der Waals surface area contributed by atoms with Gasteiger partial charge in [0.15, 0.2) is 6.61 Å². The molecular weight excluding hydrogens is 406 g/mol. The Labute approximate surface area is 158 Å². The monoisotopic (exact) mass is 418 g/mol.